The van der Waals surface area contributed by atoms with Crippen LogP contribution in [0.15, 0.2) is 53.5 Å². The maximum Gasteiger partial charge on any atom is 0.349 e. The van der Waals surface area contributed by atoms with E-state index in [1.54, 1.807) is 18.3 Å². The van der Waals surface area contributed by atoms with E-state index in [2.05, 4.69) is 51.1 Å². The van der Waals surface area contributed by atoms with Crippen LogP contribution in [0.3, 0.4) is 0 Å². The number of rotatable bonds is 20. The van der Waals surface area contributed by atoms with Gasteiger partial charge in [0.15, 0.2) is 11.5 Å². The smallest absolute Gasteiger partial charge is 0.349 e. The van der Waals surface area contributed by atoms with Gasteiger partial charge in [0.25, 0.3) is 0 Å². The molecule has 4 aromatic rings. The van der Waals surface area contributed by atoms with E-state index in [-0.39, 0.29) is 11.5 Å². The van der Waals surface area contributed by atoms with Gasteiger partial charge < -0.3 is 14.2 Å². The number of fused-ring (bicyclic) bond motifs is 1. The second-order valence-corrected chi connectivity index (χ2v) is 17.7. The molecular formula is C41H48O5S4. The van der Waals surface area contributed by atoms with Crippen molar-refractivity contribution in [2.75, 3.05) is 13.2 Å². The number of thiophene rings is 4. The van der Waals surface area contributed by atoms with Gasteiger partial charge >= 0.3 is 11.9 Å². The highest BCUT2D eigenvalue weighted by molar-refractivity contribution is 7.29. The van der Waals surface area contributed by atoms with E-state index in [1.807, 2.05) is 40.1 Å². The second-order valence-electron chi connectivity index (χ2n) is 13.2. The predicted molar refractivity (Wildman–Crippen MR) is 211 cm³/mol. The van der Waals surface area contributed by atoms with Gasteiger partial charge in [-0.25, -0.2) is 9.59 Å². The lowest BCUT2D eigenvalue weighted by Crippen LogP contribution is -2.02. The zero-order valence-corrected chi connectivity index (χ0v) is 33.0. The Morgan fingerprint density at radius 3 is 1.78 bits per heavy atom. The molecule has 0 radical (unpaired) electrons. The molecule has 0 amide bonds. The number of carbonyl (C=O) groups excluding carboxylic acids is 2. The van der Waals surface area contributed by atoms with Crippen LogP contribution in [0.2, 0.25) is 0 Å². The van der Waals surface area contributed by atoms with Gasteiger partial charge in [0.2, 0.25) is 0 Å². The van der Waals surface area contributed by atoms with Crippen LogP contribution in [0.4, 0.5) is 0 Å². The number of esters is 2. The molecule has 0 atom stereocenters. The molecule has 2 aliphatic rings. The molecule has 2 aliphatic heterocycles. The topological polar surface area (TPSA) is 61.8 Å². The normalized spacial score (nSPS) is 14.3. The number of ether oxygens (including phenoxy) is 3. The first-order valence-electron chi connectivity index (χ1n) is 18.3. The van der Waals surface area contributed by atoms with Crippen molar-refractivity contribution in [3.05, 3.63) is 74.4 Å². The van der Waals surface area contributed by atoms with E-state index >= 15 is 0 Å². The summed E-state index contributed by atoms with van der Waals surface area (Å²) in [6.07, 6.45) is 15.7. The van der Waals surface area contributed by atoms with Crippen molar-refractivity contribution in [3.63, 3.8) is 0 Å². The van der Waals surface area contributed by atoms with E-state index in [0.717, 1.165) is 48.7 Å². The lowest BCUT2D eigenvalue weighted by molar-refractivity contribution is -0.133. The highest BCUT2D eigenvalue weighted by atomic mass is 32.1. The molecule has 0 spiro atoms. The average molecular weight is 749 g/mol. The summed E-state index contributed by atoms with van der Waals surface area (Å²) in [5, 5.41) is 0. The third kappa shape index (κ3) is 8.61. The van der Waals surface area contributed by atoms with E-state index in [1.165, 1.54) is 98.2 Å². The molecule has 266 valence electrons. The SMILES string of the molecule is CCCCCCCCCCOCCCc1cc(-c2cc(CCCC)c(-c3ccc(C)s3)s2)sc1-c1ccc(C2=C3OC(=O)C(C)=C3OC2=O)s1. The van der Waals surface area contributed by atoms with Crippen molar-refractivity contribution in [3.8, 4) is 29.3 Å². The molecule has 0 aromatic carbocycles. The lowest BCUT2D eigenvalue weighted by Gasteiger charge is -2.05. The number of aryl methyl sites for hydroxylation is 3. The molecule has 0 fully saturated rings. The Bertz CT molecular complexity index is 1860. The van der Waals surface area contributed by atoms with Crippen molar-refractivity contribution in [1.82, 2.24) is 0 Å². The number of hydrogen-bond acceptors (Lipinski definition) is 9. The Morgan fingerprint density at radius 2 is 1.12 bits per heavy atom. The van der Waals surface area contributed by atoms with Gasteiger partial charge in [0.1, 0.15) is 5.57 Å². The molecular weight excluding hydrogens is 701 g/mol. The monoisotopic (exact) mass is 748 g/mol. The van der Waals surface area contributed by atoms with Gasteiger partial charge in [-0.2, -0.15) is 0 Å². The molecule has 6 heterocycles. The minimum absolute atomic E-state index is 0.251. The zero-order valence-electron chi connectivity index (χ0n) is 29.7. The lowest BCUT2D eigenvalue weighted by atomic mass is 10.1. The quantitative estimate of drug-likeness (QED) is 0.0665. The Labute approximate surface area is 313 Å². The van der Waals surface area contributed by atoms with Crippen LogP contribution in [-0.2, 0) is 36.6 Å². The Hall–Kier alpha value is -2.82. The number of unbranched alkanes of at least 4 members (excludes halogenated alkanes) is 8. The third-order valence-electron chi connectivity index (χ3n) is 9.25. The molecule has 9 heteroatoms. The van der Waals surface area contributed by atoms with E-state index in [4.69, 9.17) is 14.2 Å². The molecule has 4 aromatic heterocycles. The van der Waals surface area contributed by atoms with Crippen LogP contribution >= 0.6 is 45.3 Å². The Kier molecular flexibility index (Phi) is 13.0. The van der Waals surface area contributed by atoms with Gasteiger partial charge in [-0.15, -0.1) is 45.3 Å². The van der Waals surface area contributed by atoms with Crippen LogP contribution < -0.4 is 0 Å². The van der Waals surface area contributed by atoms with Crippen LogP contribution in [0.5, 0.6) is 0 Å². The van der Waals surface area contributed by atoms with Crippen LogP contribution in [0.25, 0.3) is 34.8 Å². The molecule has 0 bridgehead atoms. The summed E-state index contributed by atoms with van der Waals surface area (Å²) in [7, 11) is 0. The minimum Gasteiger partial charge on any atom is -0.418 e. The standard InChI is InChI=1S/C41H48O5S4/c1-5-7-9-10-11-12-13-14-22-44-23-15-17-29-25-34(33-24-28(16-8-6-2)38(49-33)31-19-18-26(3)47-31)50-39(29)32-21-20-30(48-32)35-37-36(45-41(35)43)27(4)40(42)46-37/h18-21,24-25H,5-17,22-23H2,1-4H3. The number of hydrogen-bond donors (Lipinski definition) is 0. The second kappa shape index (κ2) is 17.6. The summed E-state index contributed by atoms with van der Waals surface area (Å²) in [4.78, 5) is 34.9. The van der Waals surface area contributed by atoms with Crippen molar-refractivity contribution < 1.29 is 23.8 Å². The van der Waals surface area contributed by atoms with Crippen molar-refractivity contribution in [2.45, 2.75) is 111 Å². The van der Waals surface area contributed by atoms with Gasteiger partial charge in [-0.05, 0) is 93.5 Å². The van der Waals surface area contributed by atoms with E-state index in [0.29, 0.717) is 11.1 Å². The predicted octanol–water partition coefficient (Wildman–Crippen LogP) is 12.8. The molecule has 0 unspecified atom stereocenters. The molecule has 0 saturated heterocycles. The first kappa shape index (κ1) is 37.0. The van der Waals surface area contributed by atoms with Crippen molar-refractivity contribution >= 4 is 62.9 Å². The summed E-state index contributed by atoms with van der Waals surface area (Å²) in [5.74, 6) is -0.422. The first-order chi connectivity index (χ1) is 24.4. The highest BCUT2D eigenvalue weighted by Gasteiger charge is 2.42. The summed E-state index contributed by atoms with van der Waals surface area (Å²) in [5.41, 5.74) is 3.42. The van der Waals surface area contributed by atoms with Crippen LogP contribution in [0.1, 0.15) is 112 Å². The summed E-state index contributed by atoms with van der Waals surface area (Å²) in [6.45, 7) is 9.91. The zero-order chi connectivity index (χ0) is 35.0. The van der Waals surface area contributed by atoms with E-state index in [9.17, 15) is 9.59 Å². The fraction of sp³-hybridized carbons (Fsp3) is 0.463. The van der Waals surface area contributed by atoms with Crippen molar-refractivity contribution in [2.24, 2.45) is 0 Å². The maximum atomic E-state index is 12.9. The molecule has 0 N–H and O–H groups in total. The fourth-order valence-electron chi connectivity index (χ4n) is 6.43. The third-order valence-corrected chi connectivity index (χ3v) is 14.3. The van der Waals surface area contributed by atoms with Gasteiger partial charge in [-0.3, -0.25) is 0 Å². The summed E-state index contributed by atoms with van der Waals surface area (Å²) in [6, 6.07) is 13.3. The van der Waals surface area contributed by atoms with Gasteiger partial charge in [0.05, 0.1) is 5.57 Å². The average Bonchev–Trinajstić information content (AvgIpc) is 3.96. The van der Waals surface area contributed by atoms with E-state index < -0.39 is 11.9 Å². The van der Waals surface area contributed by atoms with Crippen LogP contribution in [-0.4, -0.2) is 25.2 Å². The molecule has 0 aliphatic carbocycles. The van der Waals surface area contributed by atoms with Gasteiger partial charge in [-0.1, -0.05) is 65.2 Å². The molecule has 50 heavy (non-hydrogen) atoms. The molecule has 5 nitrogen and oxygen atoms in total. The highest BCUT2D eigenvalue weighted by Crippen LogP contribution is 2.49. The molecule has 6 rings (SSSR count). The number of carbonyl (C=O) groups is 2. The largest absolute Gasteiger partial charge is 0.418 e. The Morgan fingerprint density at radius 1 is 0.560 bits per heavy atom. The Balaban J connectivity index is 1.21. The summed E-state index contributed by atoms with van der Waals surface area (Å²) < 4.78 is 17.0. The fourth-order valence-corrected chi connectivity index (χ4v) is 11.1. The summed E-state index contributed by atoms with van der Waals surface area (Å²) >= 11 is 7.16. The van der Waals surface area contributed by atoms with Crippen LogP contribution in [0, 0.1) is 6.92 Å². The maximum absolute atomic E-state index is 12.9. The molecule has 0 saturated carbocycles. The first-order valence-corrected chi connectivity index (χ1v) is 21.5. The minimum atomic E-state index is -0.467. The van der Waals surface area contributed by atoms with Crippen molar-refractivity contribution in [1.29, 1.82) is 0 Å². The van der Waals surface area contributed by atoms with Gasteiger partial charge in [0, 0.05) is 52.2 Å².